The first-order valence-electron chi connectivity index (χ1n) is 37.5. The van der Waals surface area contributed by atoms with Crippen molar-refractivity contribution >= 4 is 33.6 Å². The van der Waals surface area contributed by atoms with Crippen LogP contribution in [0.2, 0.25) is 0 Å². The smallest absolute Gasteiger partial charge is 0.463 e. The molecule has 5 atom stereocenters. The Morgan fingerprint density at radius 1 is 0.299 bits per heavy atom. The van der Waals surface area contributed by atoms with E-state index in [0.717, 1.165) is 167 Å². The van der Waals surface area contributed by atoms with Crippen molar-refractivity contribution in [1.82, 2.24) is 0 Å². The van der Waals surface area contributed by atoms with Gasteiger partial charge in [0.25, 0.3) is 0 Å². The summed E-state index contributed by atoms with van der Waals surface area (Å²) in [6, 6.07) is 0. The van der Waals surface area contributed by atoms with Crippen LogP contribution in [0.25, 0.3) is 0 Å². The molecule has 0 aliphatic rings. The number of carbonyl (C=O) groups excluding carboxylic acids is 3. The van der Waals surface area contributed by atoms with E-state index in [9.17, 15) is 43.5 Å². The minimum atomic E-state index is -4.93. The molecule has 0 fully saturated rings. The molecule has 5 unspecified atom stereocenters. The third kappa shape index (κ3) is 72.8. The summed E-state index contributed by atoms with van der Waals surface area (Å²) in [6.07, 6.45) is 85.2. The summed E-state index contributed by atoms with van der Waals surface area (Å²) in [4.78, 5) is 58.4. The van der Waals surface area contributed by atoms with E-state index in [0.29, 0.717) is 19.3 Å². The number of ether oxygens (including phenoxy) is 3. The number of phosphoric acid groups is 2. The van der Waals surface area contributed by atoms with Gasteiger partial charge in [-0.1, -0.05) is 276 Å². The number of unbranched alkanes of at least 4 members (excludes halogenated alkanes) is 25. The highest BCUT2D eigenvalue weighted by Crippen LogP contribution is 2.45. The normalized spacial score (nSPS) is 14.8. The molecule has 0 saturated carbocycles. The zero-order chi connectivity index (χ0) is 70.9. The minimum absolute atomic E-state index is 0.0886. The van der Waals surface area contributed by atoms with Gasteiger partial charge in [0.05, 0.1) is 26.4 Å². The van der Waals surface area contributed by atoms with Crippen molar-refractivity contribution in [1.29, 1.82) is 0 Å². The standard InChI is InChI=1S/C79H134O16P2/c1-4-7-10-13-16-19-22-24-26-28-30-31-32-33-34-35-36-37-38-39-40-41-43-45-46-48-51-53-56-59-62-65-77(82)89-68-74(80)69-91-96(85,86)92-70-75(81)71-93-97(87,88)94-73-76(95-79(84)67-64-61-58-55-50-21-18-15-12-9-6-3)72-90-78(83)66-63-60-57-54-52-49-47-44-42-29-27-25-23-20-17-14-11-8-5-2/h7-8,10-11,15-20,24-27,30-31,33-34,36-37,42,44,74-76,80-81H,4-6,9,12-14,21-23,28-29,32,35,38-41,43,45-73H2,1-3H3,(H,85,86)(H,87,88)/b10-7-,11-8-,18-15-,19-16-,20-17-,26-24-,27-25-,31-30-,34-33-,37-36-,44-42-. The second kappa shape index (κ2) is 71.5. The number of hydrogen-bond acceptors (Lipinski definition) is 14. The zero-order valence-corrected chi connectivity index (χ0v) is 62.2. The molecule has 0 saturated heterocycles. The molecule has 0 aliphatic carbocycles. The van der Waals surface area contributed by atoms with E-state index in [1.165, 1.54) is 64.2 Å². The van der Waals surface area contributed by atoms with Crippen LogP contribution in [-0.4, -0.2) is 95.9 Å². The largest absolute Gasteiger partial charge is 0.472 e. The highest BCUT2D eigenvalue weighted by Gasteiger charge is 2.29. The Kier molecular flexibility index (Phi) is 68.3. The number of hydrogen-bond donors (Lipinski definition) is 4. The number of allylic oxidation sites excluding steroid dienone is 22. The maximum absolute atomic E-state index is 12.9. The molecule has 0 radical (unpaired) electrons. The number of phosphoric ester groups is 2. The van der Waals surface area contributed by atoms with Crippen LogP contribution in [-0.2, 0) is 55.8 Å². The van der Waals surface area contributed by atoms with Gasteiger partial charge in [-0.2, -0.15) is 0 Å². The summed E-state index contributed by atoms with van der Waals surface area (Å²) in [7, 11) is -9.79. The maximum atomic E-state index is 12.9. The molecule has 0 bridgehead atoms. The summed E-state index contributed by atoms with van der Waals surface area (Å²) >= 11 is 0. The zero-order valence-electron chi connectivity index (χ0n) is 60.5. The van der Waals surface area contributed by atoms with E-state index < -0.39 is 91.5 Å². The lowest BCUT2D eigenvalue weighted by Crippen LogP contribution is -2.30. The summed E-state index contributed by atoms with van der Waals surface area (Å²) in [5, 5.41) is 20.6. The topological polar surface area (TPSA) is 231 Å². The van der Waals surface area contributed by atoms with Gasteiger partial charge in [0.15, 0.2) is 6.10 Å². The van der Waals surface area contributed by atoms with Crippen molar-refractivity contribution in [3.63, 3.8) is 0 Å². The van der Waals surface area contributed by atoms with Gasteiger partial charge in [-0.15, -0.1) is 0 Å². The Balaban J connectivity index is 4.43. The monoisotopic (exact) mass is 1400 g/mol. The van der Waals surface area contributed by atoms with Crippen LogP contribution in [0.1, 0.15) is 290 Å². The Morgan fingerprint density at radius 2 is 0.546 bits per heavy atom. The van der Waals surface area contributed by atoms with Crippen molar-refractivity contribution in [3.05, 3.63) is 134 Å². The highest BCUT2D eigenvalue weighted by molar-refractivity contribution is 7.47. The third-order valence-electron chi connectivity index (χ3n) is 15.3. The van der Waals surface area contributed by atoms with Gasteiger partial charge in [0.1, 0.15) is 25.4 Å². The second-order valence-electron chi connectivity index (χ2n) is 24.7. The number of aliphatic hydroxyl groups is 2. The van der Waals surface area contributed by atoms with E-state index in [-0.39, 0.29) is 19.3 Å². The molecule has 0 aliphatic heterocycles. The number of carbonyl (C=O) groups is 3. The first kappa shape index (κ1) is 92.7. The molecule has 16 nitrogen and oxygen atoms in total. The Hall–Kier alpha value is -4.31. The molecule has 0 rings (SSSR count). The van der Waals surface area contributed by atoms with E-state index in [1.54, 1.807) is 0 Å². The molecular weight excluding hydrogens is 1270 g/mol. The lowest BCUT2D eigenvalue weighted by molar-refractivity contribution is -0.161. The number of esters is 3. The van der Waals surface area contributed by atoms with E-state index in [2.05, 4.69) is 154 Å². The van der Waals surface area contributed by atoms with Gasteiger partial charge >= 0.3 is 33.6 Å². The molecule has 0 heterocycles. The van der Waals surface area contributed by atoms with Gasteiger partial charge in [-0.05, 0) is 128 Å². The van der Waals surface area contributed by atoms with Gasteiger partial charge < -0.3 is 34.2 Å². The Morgan fingerprint density at radius 3 is 0.876 bits per heavy atom. The number of rotatable bonds is 70. The Bertz CT molecular complexity index is 2300. The van der Waals surface area contributed by atoms with Gasteiger partial charge in [0, 0.05) is 19.3 Å². The van der Waals surface area contributed by atoms with E-state index in [1.807, 2.05) is 0 Å². The highest BCUT2D eigenvalue weighted by atomic mass is 31.2. The van der Waals surface area contributed by atoms with Crippen molar-refractivity contribution in [2.45, 2.75) is 309 Å². The SMILES string of the molecule is CC/C=C\C/C=C\C/C=C\C/C=C\C/C=C\C/C=C\CCCCCCCCCCCCCCC(=O)OCC(O)COP(=O)(O)OCC(O)COP(=O)(O)OCC(COC(=O)CCCCCCCC/C=C\C/C=C\C/C=C\C/C=C\CC)OC(=O)CCCCCCC/C=C\CCCC. The van der Waals surface area contributed by atoms with Crippen LogP contribution in [0, 0.1) is 0 Å². The molecule has 556 valence electrons. The molecule has 0 spiro atoms. The van der Waals surface area contributed by atoms with Crippen LogP contribution in [0.5, 0.6) is 0 Å². The molecule has 0 aromatic heterocycles. The van der Waals surface area contributed by atoms with Gasteiger partial charge in [-0.3, -0.25) is 32.5 Å². The lowest BCUT2D eigenvalue weighted by atomic mass is 10.0. The van der Waals surface area contributed by atoms with Crippen LogP contribution >= 0.6 is 15.6 Å². The molecule has 0 aromatic carbocycles. The van der Waals surface area contributed by atoms with Crippen LogP contribution in [0.4, 0.5) is 0 Å². The Labute approximate surface area is 588 Å². The molecule has 4 N–H and O–H groups in total. The van der Waals surface area contributed by atoms with E-state index in [4.69, 9.17) is 32.3 Å². The molecule has 18 heteroatoms. The number of aliphatic hydroxyl groups excluding tert-OH is 2. The van der Waals surface area contributed by atoms with Crippen LogP contribution in [0.3, 0.4) is 0 Å². The first-order valence-corrected chi connectivity index (χ1v) is 40.5. The van der Waals surface area contributed by atoms with Gasteiger partial charge in [0.2, 0.25) is 0 Å². The quantitative estimate of drug-likeness (QED) is 0.0146. The molecule has 0 aromatic rings. The summed E-state index contributed by atoms with van der Waals surface area (Å²) < 4.78 is 60.9. The van der Waals surface area contributed by atoms with E-state index >= 15 is 0 Å². The van der Waals surface area contributed by atoms with Crippen molar-refractivity contribution in [2.24, 2.45) is 0 Å². The second-order valence-corrected chi connectivity index (χ2v) is 27.6. The average molecular weight is 1400 g/mol. The fraction of sp³-hybridized carbons (Fsp3) is 0.684. The third-order valence-corrected chi connectivity index (χ3v) is 17.2. The summed E-state index contributed by atoms with van der Waals surface area (Å²) in [6.45, 7) is 2.37. The summed E-state index contributed by atoms with van der Waals surface area (Å²) in [5.74, 6) is -1.60. The summed E-state index contributed by atoms with van der Waals surface area (Å²) in [5.41, 5.74) is 0. The first-order chi connectivity index (χ1) is 47.2. The van der Waals surface area contributed by atoms with Crippen molar-refractivity contribution < 1.29 is 75.8 Å². The van der Waals surface area contributed by atoms with Gasteiger partial charge in [-0.25, -0.2) is 9.13 Å². The van der Waals surface area contributed by atoms with Crippen LogP contribution in [0.15, 0.2) is 134 Å². The average Bonchev–Trinajstić information content (AvgIpc) is 2.81. The lowest BCUT2D eigenvalue weighted by Gasteiger charge is -2.21. The van der Waals surface area contributed by atoms with Crippen molar-refractivity contribution in [3.8, 4) is 0 Å². The van der Waals surface area contributed by atoms with Crippen molar-refractivity contribution in [2.75, 3.05) is 39.6 Å². The fourth-order valence-electron chi connectivity index (χ4n) is 9.66. The van der Waals surface area contributed by atoms with Crippen LogP contribution < -0.4 is 0 Å². The maximum Gasteiger partial charge on any atom is 0.472 e. The minimum Gasteiger partial charge on any atom is -0.463 e. The fourth-order valence-corrected chi connectivity index (χ4v) is 11.2. The molecular formula is C79H134O16P2. The predicted octanol–water partition coefficient (Wildman–Crippen LogP) is 21.5. The molecule has 0 amide bonds. The molecule has 97 heavy (non-hydrogen) atoms. The predicted molar refractivity (Wildman–Crippen MR) is 399 cm³/mol.